The first kappa shape index (κ1) is 16.8. The van der Waals surface area contributed by atoms with Gasteiger partial charge in [0.15, 0.2) is 5.65 Å². The van der Waals surface area contributed by atoms with Gasteiger partial charge >= 0.3 is 0 Å². The van der Waals surface area contributed by atoms with E-state index >= 15 is 0 Å². The largest absolute Gasteiger partial charge is 0.462 e. The lowest BCUT2D eigenvalue weighted by molar-refractivity contribution is 0.000833. The van der Waals surface area contributed by atoms with Crippen molar-refractivity contribution in [3.63, 3.8) is 0 Å². The molecule has 0 N–H and O–H groups in total. The van der Waals surface area contributed by atoms with Crippen LogP contribution in [0, 0.1) is 0 Å². The van der Waals surface area contributed by atoms with Crippen LogP contribution >= 0.6 is 0 Å². The van der Waals surface area contributed by atoms with Gasteiger partial charge in [-0.05, 0) is 43.5 Å². The van der Waals surface area contributed by atoms with Crippen molar-refractivity contribution in [2.75, 3.05) is 37.7 Å². The summed E-state index contributed by atoms with van der Waals surface area (Å²) in [5.74, 6) is 3.03. The lowest BCUT2D eigenvalue weighted by Crippen LogP contribution is -2.46. The van der Waals surface area contributed by atoms with E-state index in [1.165, 1.54) is 6.42 Å². The van der Waals surface area contributed by atoms with Crippen LogP contribution in [0.15, 0.2) is 41.1 Å². The van der Waals surface area contributed by atoms with Gasteiger partial charge in [0.25, 0.3) is 0 Å². The van der Waals surface area contributed by atoms with Crippen molar-refractivity contribution in [1.29, 1.82) is 0 Å². The SMILES string of the molecule is c1cn2nc(N3CCN(Cc4ccc(C5CCCCO5)o4)CC3)ccc2n1. The third-order valence-electron chi connectivity index (χ3n) is 5.50. The van der Waals surface area contributed by atoms with Crippen molar-refractivity contribution < 1.29 is 9.15 Å². The molecule has 3 aromatic heterocycles. The molecule has 7 nitrogen and oxygen atoms in total. The number of hydrogen-bond acceptors (Lipinski definition) is 6. The number of fused-ring (bicyclic) bond motifs is 1. The minimum atomic E-state index is 0.147. The van der Waals surface area contributed by atoms with E-state index in [-0.39, 0.29) is 6.10 Å². The van der Waals surface area contributed by atoms with E-state index in [2.05, 4.69) is 38.1 Å². The van der Waals surface area contributed by atoms with Gasteiger partial charge in [-0.1, -0.05) is 0 Å². The van der Waals surface area contributed by atoms with E-state index in [9.17, 15) is 0 Å². The van der Waals surface area contributed by atoms with Gasteiger partial charge in [0, 0.05) is 45.2 Å². The van der Waals surface area contributed by atoms with E-state index in [1.807, 2.05) is 16.8 Å². The highest BCUT2D eigenvalue weighted by atomic mass is 16.5. The van der Waals surface area contributed by atoms with E-state index in [4.69, 9.17) is 9.15 Å². The number of anilines is 1. The molecule has 1 atom stereocenters. The summed E-state index contributed by atoms with van der Waals surface area (Å²) in [5.41, 5.74) is 0.882. The van der Waals surface area contributed by atoms with Gasteiger partial charge in [-0.25, -0.2) is 9.50 Å². The molecule has 2 saturated heterocycles. The predicted octanol–water partition coefficient (Wildman–Crippen LogP) is 2.89. The molecule has 1 unspecified atom stereocenters. The van der Waals surface area contributed by atoms with Crippen LogP contribution in [0.4, 0.5) is 5.82 Å². The number of aromatic nitrogens is 3. The number of piperazine rings is 1. The van der Waals surface area contributed by atoms with E-state index in [0.717, 1.165) is 75.2 Å². The summed E-state index contributed by atoms with van der Waals surface area (Å²) < 4.78 is 13.7. The Labute approximate surface area is 158 Å². The summed E-state index contributed by atoms with van der Waals surface area (Å²) in [6.45, 7) is 5.63. The molecule has 5 rings (SSSR count). The van der Waals surface area contributed by atoms with Gasteiger partial charge in [-0.2, -0.15) is 0 Å². The topological polar surface area (TPSA) is 59.0 Å². The zero-order chi connectivity index (χ0) is 18.1. The van der Waals surface area contributed by atoms with Crippen molar-refractivity contribution in [1.82, 2.24) is 19.5 Å². The molecule has 0 bridgehead atoms. The fourth-order valence-electron chi connectivity index (χ4n) is 3.95. The van der Waals surface area contributed by atoms with Crippen LogP contribution in [-0.2, 0) is 11.3 Å². The fourth-order valence-corrected chi connectivity index (χ4v) is 3.95. The van der Waals surface area contributed by atoms with Crippen LogP contribution in [0.2, 0.25) is 0 Å². The Morgan fingerprint density at radius 2 is 1.96 bits per heavy atom. The molecule has 2 fully saturated rings. The second kappa shape index (κ2) is 7.32. The average Bonchev–Trinajstić information content (AvgIpc) is 3.38. The maximum Gasteiger partial charge on any atom is 0.153 e. The Bertz CT molecular complexity index is 891. The van der Waals surface area contributed by atoms with Gasteiger partial charge in [-0.15, -0.1) is 5.10 Å². The number of nitrogens with zero attached hydrogens (tertiary/aromatic N) is 5. The first-order valence-corrected chi connectivity index (χ1v) is 9.83. The fraction of sp³-hybridized carbons (Fsp3) is 0.500. The first-order chi connectivity index (χ1) is 13.3. The molecule has 0 radical (unpaired) electrons. The van der Waals surface area contributed by atoms with E-state index in [0.29, 0.717) is 0 Å². The quantitative estimate of drug-likeness (QED) is 0.707. The molecule has 0 amide bonds. The number of rotatable bonds is 4. The Kier molecular flexibility index (Phi) is 4.55. The van der Waals surface area contributed by atoms with Gasteiger partial charge in [0.2, 0.25) is 0 Å². The molecule has 0 aliphatic carbocycles. The average molecular weight is 367 g/mol. The highest BCUT2D eigenvalue weighted by Gasteiger charge is 2.22. The third-order valence-corrected chi connectivity index (χ3v) is 5.50. The zero-order valence-electron chi connectivity index (χ0n) is 15.5. The van der Waals surface area contributed by atoms with Crippen LogP contribution in [0.1, 0.15) is 36.9 Å². The second-order valence-corrected chi connectivity index (χ2v) is 7.34. The minimum Gasteiger partial charge on any atom is -0.462 e. The molecular formula is C20H25N5O2. The van der Waals surface area contributed by atoms with Crippen molar-refractivity contribution in [2.45, 2.75) is 31.9 Å². The van der Waals surface area contributed by atoms with Crippen molar-refractivity contribution in [2.24, 2.45) is 0 Å². The van der Waals surface area contributed by atoms with Gasteiger partial charge < -0.3 is 14.1 Å². The molecule has 2 aliphatic rings. The van der Waals surface area contributed by atoms with Gasteiger partial charge in [0.1, 0.15) is 23.4 Å². The number of imidazole rings is 1. The van der Waals surface area contributed by atoms with Crippen LogP contribution in [0.3, 0.4) is 0 Å². The number of hydrogen-bond donors (Lipinski definition) is 0. The molecular weight excluding hydrogens is 342 g/mol. The van der Waals surface area contributed by atoms with E-state index < -0.39 is 0 Å². The van der Waals surface area contributed by atoms with E-state index in [1.54, 1.807) is 6.20 Å². The van der Waals surface area contributed by atoms with Crippen molar-refractivity contribution >= 4 is 11.5 Å². The minimum absolute atomic E-state index is 0.147. The molecule has 2 aliphatic heterocycles. The van der Waals surface area contributed by atoms with Crippen LogP contribution in [-0.4, -0.2) is 52.3 Å². The molecule has 0 saturated carbocycles. The summed E-state index contributed by atoms with van der Waals surface area (Å²) in [6.07, 6.45) is 7.27. The molecule has 0 aromatic carbocycles. The Hall–Kier alpha value is -2.38. The van der Waals surface area contributed by atoms with Crippen LogP contribution in [0.5, 0.6) is 0 Å². The molecule has 5 heterocycles. The highest BCUT2D eigenvalue weighted by Crippen LogP contribution is 2.29. The Morgan fingerprint density at radius 3 is 2.81 bits per heavy atom. The van der Waals surface area contributed by atoms with Gasteiger partial charge in [0.05, 0.1) is 6.54 Å². The molecule has 7 heteroatoms. The first-order valence-electron chi connectivity index (χ1n) is 9.83. The number of furan rings is 1. The third kappa shape index (κ3) is 3.57. The standard InChI is InChI=1S/C20H25N5O2/c1-2-14-26-17(3-1)18-5-4-16(27-18)15-23-10-12-24(13-11-23)20-7-6-19-21-8-9-25(19)22-20/h4-9,17H,1-3,10-15H2. The molecule has 0 spiro atoms. The lowest BCUT2D eigenvalue weighted by Gasteiger charge is -2.34. The van der Waals surface area contributed by atoms with Gasteiger partial charge in [-0.3, -0.25) is 4.90 Å². The smallest absolute Gasteiger partial charge is 0.153 e. The monoisotopic (exact) mass is 367 g/mol. The molecule has 142 valence electrons. The lowest BCUT2D eigenvalue weighted by atomic mass is 10.1. The zero-order valence-corrected chi connectivity index (χ0v) is 15.5. The Balaban J connectivity index is 1.18. The highest BCUT2D eigenvalue weighted by molar-refractivity contribution is 5.46. The normalized spacial score (nSPS) is 21.8. The molecule has 27 heavy (non-hydrogen) atoms. The summed E-state index contributed by atoms with van der Waals surface area (Å²) in [6, 6.07) is 8.27. The summed E-state index contributed by atoms with van der Waals surface area (Å²) in [4.78, 5) is 9.03. The predicted molar refractivity (Wildman–Crippen MR) is 102 cm³/mol. The summed E-state index contributed by atoms with van der Waals surface area (Å²) in [7, 11) is 0. The number of ether oxygens (including phenoxy) is 1. The van der Waals surface area contributed by atoms with Crippen molar-refractivity contribution in [3.05, 3.63) is 48.2 Å². The maximum atomic E-state index is 6.07. The summed E-state index contributed by atoms with van der Waals surface area (Å²) in [5, 5.41) is 4.65. The summed E-state index contributed by atoms with van der Waals surface area (Å²) >= 11 is 0. The second-order valence-electron chi connectivity index (χ2n) is 7.34. The maximum absolute atomic E-state index is 6.07. The van der Waals surface area contributed by atoms with Crippen molar-refractivity contribution in [3.8, 4) is 0 Å². The van der Waals surface area contributed by atoms with Crippen LogP contribution < -0.4 is 4.90 Å². The molecule has 3 aromatic rings. The van der Waals surface area contributed by atoms with Crippen LogP contribution in [0.25, 0.3) is 5.65 Å². The Morgan fingerprint density at radius 1 is 1.04 bits per heavy atom.